The van der Waals surface area contributed by atoms with Gasteiger partial charge in [0.2, 0.25) is 5.88 Å². The fourth-order valence-electron chi connectivity index (χ4n) is 8.21. The number of morpholine rings is 1. The Labute approximate surface area is 336 Å². The average molecular weight is 814 g/mol. The number of carbonyl (C=O) groups is 1. The molecule has 3 aliphatic rings. The predicted molar refractivity (Wildman–Crippen MR) is 209 cm³/mol. The summed E-state index contributed by atoms with van der Waals surface area (Å²) in [6.07, 6.45) is 0.168. The Morgan fingerprint density at radius 1 is 0.983 bits per heavy atom. The van der Waals surface area contributed by atoms with Crippen molar-refractivity contribution in [3.05, 3.63) is 78.0 Å². The number of hydrogen-bond donors (Lipinski definition) is 1. The van der Waals surface area contributed by atoms with Crippen LogP contribution in [0.5, 0.6) is 11.9 Å². The highest BCUT2D eigenvalue weighted by Gasteiger charge is 2.52. The molecular weight excluding hydrogens is 772 g/mol. The summed E-state index contributed by atoms with van der Waals surface area (Å²) in [4.78, 5) is 39.1. The highest BCUT2D eigenvalue weighted by Crippen LogP contribution is 2.39. The van der Waals surface area contributed by atoms with Gasteiger partial charge in [0.25, 0.3) is 5.91 Å². The Balaban J connectivity index is 1.15. The highest BCUT2D eigenvalue weighted by atomic mass is 19.1. The van der Waals surface area contributed by atoms with Crippen molar-refractivity contribution in [2.45, 2.75) is 37.8 Å². The molecule has 2 N–H and O–H groups in total. The van der Waals surface area contributed by atoms with E-state index in [-0.39, 0.29) is 61.7 Å². The lowest BCUT2D eigenvalue weighted by Gasteiger charge is -2.37. The summed E-state index contributed by atoms with van der Waals surface area (Å²) in [5.74, 6) is -1.52. The molecule has 0 spiro atoms. The van der Waals surface area contributed by atoms with Crippen LogP contribution >= 0.6 is 0 Å². The second-order valence-corrected chi connectivity index (χ2v) is 15.0. The SMILES string of the molecule is COC1CN(C)C(=O)[C@]2(N)CC(CN2c2nc(OCCN3CCOCC3)nc3c2cnn3-c2ccc(F)cc2F)Oc2cccc(n2)-c2cc(F)cc3nc(C)n(c23)C1. The number of nitrogens with zero attached hydrogens (tertiary/aromatic N) is 10. The number of anilines is 1. The first-order valence-electron chi connectivity index (χ1n) is 19.3. The fraction of sp³-hybridized carbons (Fsp3) is 0.400. The van der Waals surface area contributed by atoms with Crippen LogP contribution in [0.15, 0.2) is 54.7 Å². The van der Waals surface area contributed by atoms with Crippen molar-refractivity contribution in [2.24, 2.45) is 5.73 Å². The Kier molecular flexibility index (Phi) is 10.1. The minimum atomic E-state index is -1.77. The number of fused-ring (bicyclic) bond motifs is 6. The van der Waals surface area contributed by atoms with Crippen molar-refractivity contribution in [3.63, 3.8) is 0 Å². The van der Waals surface area contributed by atoms with Crippen LogP contribution in [0.1, 0.15) is 12.2 Å². The molecule has 2 fully saturated rings. The summed E-state index contributed by atoms with van der Waals surface area (Å²) in [5.41, 5.74) is 7.69. The molecule has 2 aromatic carbocycles. The Bertz CT molecular complexity index is 2560. The van der Waals surface area contributed by atoms with Crippen LogP contribution in [0.3, 0.4) is 0 Å². The van der Waals surface area contributed by atoms with Gasteiger partial charge in [-0.1, -0.05) is 6.07 Å². The number of likely N-dealkylation sites (N-methyl/N-ethyl adjacent to an activating group) is 1. The molecule has 0 aliphatic carbocycles. The van der Waals surface area contributed by atoms with Gasteiger partial charge >= 0.3 is 6.01 Å². The van der Waals surface area contributed by atoms with E-state index in [1.807, 2.05) is 11.5 Å². The van der Waals surface area contributed by atoms with Gasteiger partial charge in [0.05, 0.1) is 60.7 Å². The van der Waals surface area contributed by atoms with Gasteiger partial charge in [0, 0.05) is 70.5 Å². The van der Waals surface area contributed by atoms with Gasteiger partial charge in [-0.2, -0.15) is 15.1 Å². The van der Waals surface area contributed by atoms with Crippen molar-refractivity contribution in [1.82, 2.24) is 44.1 Å². The van der Waals surface area contributed by atoms with Crippen molar-refractivity contribution in [1.29, 1.82) is 0 Å². The normalized spacial score (nSPS) is 21.5. The summed E-state index contributed by atoms with van der Waals surface area (Å²) in [6, 6.07) is 11.1. The molecule has 1 amide bonds. The van der Waals surface area contributed by atoms with E-state index < -0.39 is 41.2 Å². The number of pyridine rings is 1. The minimum absolute atomic E-state index is 0.00751. The molecule has 308 valence electrons. The van der Waals surface area contributed by atoms with Crippen LogP contribution in [0.4, 0.5) is 19.0 Å². The number of carbonyl (C=O) groups excluding carboxylic acids is 1. The summed E-state index contributed by atoms with van der Waals surface area (Å²) in [6.45, 7) is 5.72. The van der Waals surface area contributed by atoms with E-state index in [0.29, 0.717) is 53.3 Å². The van der Waals surface area contributed by atoms with Crippen LogP contribution in [-0.4, -0.2) is 135 Å². The van der Waals surface area contributed by atoms with Gasteiger partial charge in [-0.15, -0.1) is 0 Å². The summed E-state index contributed by atoms with van der Waals surface area (Å²) in [7, 11) is 3.20. The molecule has 4 aromatic heterocycles. The number of halogens is 3. The third-order valence-corrected chi connectivity index (χ3v) is 11.1. The van der Waals surface area contributed by atoms with Gasteiger partial charge in [0.15, 0.2) is 17.1 Å². The van der Waals surface area contributed by atoms with E-state index in [1.165, 1.54) is 34.0 Å². The van der Waals surface area contributed by atoms with Crippen LogP contribution in [0, 0.1) is 24.4 Å². The smallest absolute Gasteiger partial charge is 0.320 e. The maximum Gasteiger partial charge on any atom is 0.320 e. The average Bonchev–Trinajstić information content (AvgIpc) is 3.89. The van der Waals surface area contributed by atoms with Crippen molar-refractivity contribution in [2.75, 3.05) is 71.6 Å². The largest absolute Gasteiger partial charge is 0.472 e. The number of ether oxygens (including phenoxy) is 4. The van der Waals surface area contributed by atoms with Gasteiger partial charge < -0.3 is 39.0 Å². The molecule has 9 rings (SSSR count). The Morgan fingerprint density at radius 2 is 1.81 bits per heavy atom. The van der Waals surface area contributed by atoms with E-state index in [9.17, 15) is 9.18 Å². The molecular formula is C40H42F3N11O5. The second kappa shape index (κ2) is 15.4. The van der Waals surface area contributed by atoms with Crippen LogP contribution in [0.25, 0.3) is 39.0 Å². The number of aryl methyl sites for hydroxylation is 1. The lowest BCUT2D eigenvalue weighted by Crippen LogP contribution is -2.63. The molecule has 0 saturated carbocycles. The topological polar surface area (TPSA) is 164 Å². The molecule has 59 heavy (non-hydrogen) atoms. The van der Waals surface area contributed by atoms with E-state index >= 15 is 8.78 Å². The Morgan fingerprint density at radius 3 is 2.61 bits per heavy atom. The van der Waals surface area contributed by atoms with Crippen molar-refractivity contribution in [3.8, 4) is 28.8 Å². The summed E-state index contributed by atoms with van der Waals surface area (Å²) < 4.78 is 71.7. The van der Waals surface area contributed by atoms with Gasteiger partial charge in [-0.3, -0.25) is 9.69 Å². The standard InChI is InChI=1S/C40H42F3N11O5/c1-23-46-32-17-25(42)15-28-31-5-4-6-34(47-31)59-26-18-40(44,38(55)50(2)20-27(56-3)21-52(23)35(28)32)53(22-26)36-29-19-45-54(33-8-7-24(41)16-30(33)43)37(29)49-39(48-36)58-14-11-51-9-12-57-13-10-51/h4-8,15-17,19,26-27H,9-14,18,20-22,44H2,1-3H3/t26?,27?,40-/m0/s1. The third kappa shape index (κ3) is 7.17. The lowest BCUT2D eigenvalue weighted by atomic mass is 10.0. The number of imidazole rings is 1. The molecule has 4 bridgehead atoms. The molecule has 7 heterocycles. The number of aromatic nitrogens is 7. The number of rotatable bonds is 7. The molecule has 2 unspecified atom stereocenters. The number of hydrogen-bond acceptors (Lipinski definition) is 13. The third-order valence-electron chi connectivity index (χ3n) is 11.1. The summed E-state index contributed by atoms with van der Waals surface area (Å²) >= 11 is 0. The quantitative estimate of drug-likeness (QED) is 0.250. The molecule has 6 aromatic rings. The van der Waals surface area contributed by atoms with Crippen LogP contribution < -0.4 is 20.1 Å². The monoisotopic (exact) mass is 813 g/mol. The minimum Gasteiger partial charge on any atom is -0.472 e. The number of benzene rings is 2. The number of nitrogens with two attached hydrogens (primary N) is 1. The molecule has 19 heteroatoms. The van der Waals surface area contributed by atoms with Gasteiger partial charge in [-0.05, 0) is 31.2 Å². The fourth-order valence-corrected chi connectivity index (χ4v) is 8.21. The molecule has 0 radical (unpaired) electrons. The van der Waals surface area contributed by atoms with Crippen LogP contribution in [0.2, 0.25) is 0 Å². The van der Waals surface area contributed by atoms with Crippen LogP contribution in [-0.2, 0) is 20.8 Å². The van der Waals surface area contributed by atoms with E-state index in [0.717, 1.165) is 25.2 Å². The van der Waals surface area contributed by atoms with Crippen molar-refractivity contribution < 1.29 is 36.9 Å². The molecule has 16 nitrogen and oxygen atoms in total. The first-order chi connectivity index (χ1) is 28.5. The maximum absolute atomic E-state index is 15.3. The Hall–Kier alpha value is -5.89. The first kappa shape index (κ1) is 38.6. The zero-order valence-corrected chi connectivity index (χ0v) is 32.6. The van der Waals surface area contributed by atoms with E-state index in [1.54, 1.807) is 37.3 Å². The molecule has 3 aliphatic heterocycles. The van der Waals surface area contributed by atoms with E-state index in [4.69, 9.17) is 34.6 Å². The van der Waals surface area contributed by atoms with E-state index in [2.05, 4.69) is 20.0 Å². The van der Waals surface area contributed by atoms with Gasteiger partial charge in [-0.25, -0.2) is 27.8 Å². The lowest BCUT2D eigenvalue weighted by molar-refractivity contribution is -0.137. The number of amides is 1. The van der Waals surface area contributed by atoms with Gasteiger partial charge in [0.1, 0.15) is 41.7 Å². The first-order valence-corrected chi connectivity index (χ1v) is 19.3. The highest BCUT2D eigenvalue weighted by molar-refractivity contribution is 5.95. The van der Waals surface area contributed by atoms with Crippen molar-refractivity contribution >= 4 is 33.8 Å². The second-order valence-electron chi connectivity index (χ2n) is 15.0. The predicted octanol–water partition coefficient (Wildman–Crippen LogP) is 3.46. The number of methoxy groups -OCH3 is 1. The maximum atomic E-state index is 15.3. The zero-order chi connectivity index (χ0) is 41.0. The molecule has 2 saturated heterocycles. The molecule has 3 atom stereocenters. The zero-order valence-electron chi connectivity index (χ0n) is 32.6. The summed E-state index contributed by atoms with van der Waals surface area (Å²) in [5, 5.41) is 4.77.